The summed E-state index contributed by atoms with van der Waals surface area (Å²) in [4.78, 5) is 6.75. The Hall–Kier alpha value is -1.32. The third-order valence-electron chi connectivity index (χ3n) is 3.07. The first kappa shape index (κ1) is 13.1. The van der Waals surface area contributed by atoms with Crippen molar-refractivity contribution in [3.8, 4) is 0 Å². The van der Waals surface area contributed by atoms with E-state index >= 15 is 0 Å². The molecule has 0 saturated carbocycles. The topological polar surface area (TPSA) is 42.2 Å². The van der Waals surface area contributed by atoms with E-state index in [2.05, 4.69) is 9.88 Å². The van der Waals surface area contributed by atoms with E-state index in [0.29, 0.717) is 6.54 Å². The molecule has 2 rings (SSSR count). The van der Waals surface area contributed by atoms with Crippen LogP contribution in [0, 0.1) is 6.92 Å². The molecule has 0 atom stereocenters. The van der Waals surface area contributed by atoms with Gasteiger partial charge in [0, 0.05) is 30.2 Å². The molecule has 96 valence electrons. The molecule has 0 saturated heterocycles. The fourth-order valence-corrected chi connectivity index (χ4v) is 2.50. The molecule has 0 spiro atoms. The quantitative estimate of drug-likeness (QED) is 0.926. The molecule has 0 aliphatic heterocycles. The van der Waals surface area contributed by atoms with E-state index in [0.717, 1.165) is 28.0 Å². The van der Waals surface area contributed by atoms with E-state index < -0.39 is 0 Å². The Balaban J connectivity index is 2.82. The second-order valence-corrected chi connectivity index (χ2v) is 5.06. The molecule has 0 aliphatic carbocycles. The number of nitrogens with zero attached hydrogens (tertiary/aromatic N) is 2. The maximum Gasteiger partial charge on any atom is 0.0727 e. The van der Waals surface area contributed by atoms with Crippen molar-refractivity contribution < 1.29 is 0 Å². The van der Waals surface area contributed by atoms with Crippen LogP contribution in [0.15, 0.2) is 18.2 Å². The molecule has 0 radical (unpaired) electrons. The Kier molecular flexibility index (Phi) is 3.73. The standard InChI is InChI=1S/C14H18ClN3/c1-9-11(6-7-16)14(18(2)3)12-8-10(15)4-5-13(12)17-9/h4-5,8H,6-7,16H2,1-3H3. The molecule has 0 amide bonds. The summed E-state index contributed by atoms with van der Waals surface area (Å²) in [5.74, 6) is 0. The normalized spacial score (nSPS) is 10.9. The summed E-state index contributed by atoms with van der Waals surface area (Å²) in [6, 6.07) is 5.81. The van der Waals surface area contributed by atoms with E-state index in [-0.39, 0.29) is 0 Å². The third kappa shape index (κ3) is 2.28. The summed E-state index contributed by atoms with van der Waals surface area (Å²) in [5, 5.41) is 1.82. The number of hydrogen-bond acceptors (Lipinski definition) is 3. The van der Waals surface area contributed by atoms with Crippen LogP contribution in [-0.2, 0) is 6.42 Å². The number of aromatic nitrogens is 1. The SMILES string of the molecule is Cc1nc2ccc(Cl)cc2c(N(C)C)c1CCN. The first-order valence-electron chi connectivity index (χ1n) is 6.00. The monoisotopic (exact) mass is 263 g/mol. The minimum Gasteiger partial charge on any atom is -0.377 e. The van der Waals surface area contributed by atoms with Crippen LogP contribution in [0.5, 0.6) is 0 Å². The van der Waals surface area contributed by atoms with Gasteiger partial charge in [-0.05, 0) is 43.7 Å². The number of anilines is 1. The van der Waals surface area contributed by atoms with Gasteiger partial charge in [0.1, 0.15) is 0 Å². The zero-order chi connectivity index (χ0) is 13.3. The number of nitrogens with two attached hydrogens (primary N) is 1. The summed E-state index contributed by atoms with van der Waals surface area (Å²) < 4.78 is 0. The summed E-state index contributed by atoms with van der Waals surface area (Å²) >= 11 is 6.09. The Labute approximate surface area is 113 Å². The largest absolute Gasteiger partial charge is 0.377 e. The van der Waals surface area contributed by atoms with E-state index in [1.54, 1.807) is 0 Å². The van der Waals surface area contributed by atoms with Crippen LogP contribution in [0.3, 0.4) is 0 Å². The second kappa shape index (κ2) is 5.12. The third-order valence-corrected chi connectivity index (χ3v) is 3.30. The van der Waals surface area contributed by atoms with Gasteiger partial charge in [0.2, 0.25) is 0 Å². The van der Waals surface area contributed by atoms with E-state index in [9.17, 15) is 0 Å². The Morgan fingerprint density at radius 2 is 2.06 bits per heavy atom. The minimum absolute atomic E-state index is 0.620. The molecule has 0 aliphatic rings. The number of hydrogen-bond donors (Lipinski definition) is 1. The zero-order valence-corrected chi connectivity index (χ0v) is 11.8. The van der Waals surface area contributed by atoms with E-state index in [1.807, 2.05) is 39.2 Å². The maximum atomic E-state index is 6.09. The second-order valence-electron chi connectivity index (χ2n) is 4.62. The summed E-state index contributed by atoms with van der Waals surface area (Å²) in [7, 11) is 4.07. The molecule has 0 bridgehead atoms. The lowest BCUT2D eigenvalue weighted by Gasteiger charge is -2.21. The van der Waals surface area contributed by atoms with Crippen LogP contribution in [0.1, 0.15) is 11.3 Å². The predicted octanol–water partition coefficient (Wildman–Crippen LogP) is 2.76. The van der Waals surface area contributed by atoms with Gasteiger partial charge >= 0.3 is 0 Å². The highest BCUT2D eigenvalue weighted by atomic mass is 35.5. The first-order valence-corrected chi connectivity index (χ1v) is 6.38. The Morgan fingerprint density at radius 3 is 2.67 bits per heavy atom. The molecule has 2 aromatic rings. The van der Waals surface area contributed by atoms with Crippen LogP contribution in [-0.4, -0.2) is 25.6 Å². The van der Waals surface area contributed by atoms with Crippen molar-refractivity contribution in [2.75, 3.05) is 25.5 Å². The highest BCUT2D eigenvalue weighted by molar-refractivity contribution is 6.31. The lowest BCUT2D eigenvalue weighted by atomic mass is 10.0. The van der Waals surface area contributed by atoms with Gasteiger partial charge in [0.15, 0.2) is 0 Å². The van der Waals surface area contributed by atoms with Crippen molar-refractivity contribution in [2.24, 2.45) is 5.73 Å². The number of pyridine rings is 1. The fourth-order valence-electron chi connectivity index (χ4n) is 2.33. The van der Waals surface area contributed by atoms with Crippen LogP contribution in [0.25, 0.3) is 10.9 Å². The first-order chi connectivity index (χ1) is 8.54. The molecular formula is C14H18ClN3. The van der Waals surface area contributed by atoms with Crippen molar-refractivity contribution in [3.05, 3.63) is 34.5 Å². The van der Waals surface area contributed by atoms with Gasteiger partial charge in [-0.25, -0.2) is 0 Å². The molecule has 18 heavy (non-hydrogen) atoms. The van der Waals surface area contributed by atoms with Gasteiger partial charge in [-0.2, -0.15) is 0 Å². The van der Waals surface area contributed by atoms with Crippen molar-refractivity contribution in [1.29, 1.82) is 0 Å². The minimum atomic E-state index is 0.620. The molecule has 1 aromatic carbocycles. The molecule has 1 aromatic heterocycles. The summed E-state index contributed by atoms with van der Waals surface area (Å²) in [5.41, 5.74) is 10.1. The van der Waals surface area contributed by atoms with Crippen LogP contribution in [0.2, 0.25) is 5.02 Å². The molecule has 2 N–H and O–H groups in total. The highest BCUT2D eigenvalue weighted by Gasteiger charge is 2.14. The Bertz CT molecular complexity index is 579. The number of benzene rings is 1. The number of halogens is 1. The molecule has 1 heterocycles. The van der Waals surface area contributed by atoms with Gasteiger partial charge < -0.3 is 10.6 Å². The lowest BCUT2D eigenvalue weighted by Crippen LogP contribution is -2.16. The lowest BCUT2D eigenvalue weighted by molar-refractivity contribution is 0.933. The molecule has 3 nitrogen and oxygen atoms in total. The van der Waals surface area contributed by atoms with Crippen LogP contribution >= 0.6 is 11.6 Å². The zero-order valence-electron chi connectivity index (χ0n) is 11.0. The van der Waals surface area contributed by atoms with Crippen LogP contribution in [0.4, 0.5) is 5.69 Å². The molecular weight excluding hydrogens is 246 g/mol. The number of fused-ring (bicyclic) bond motifs is 1. The van der Waals surface area contributed by atoms with E-state index in [1.165, 1.54) is 11.3 Å². The summed E-state index contributed by atoms with van der Waals surface area (Å²) in [6.45, 7) is 2.65. The van der Waals surface area contributed by atoms with Crippen molar-refractivity contribution in [3.63, 3.8) is 0 Å². The highest BCUT2D eigenvalue weighted by Crippen LogP contribution is 2.32. The maximum absolute atomic E-state index is 6.09. The number of rotatable bonds is 3. The van der Waals surface area contributed by atoms with Crippen LogP contribution < -0.4 is 10.6 Å². The molecule has 0 unspecified atom stereocenters. The fraction of sp³-hybridized carbons (Fsp3) is 0.357. The van der Waals surface area contributed by atoms with Crippen molar-refractivity contribution in [1.82, 2.24) is 4.98 Å². The van der Waals surface area contributed by atoms with Gasteiger partial charge in [-0.3, -0.25) is 4.98 Å². The average Bonchev–Trinajstić information content (AvgIpc) is 2.30. The van der Waals surface area contributed by atoms with Gasteiger partial charge in [0.05, 0.1) is 11.2 Å². The van der Waals surface area contributed by atoms with Crippen molar-refractivity contribution >= 4 is 28.2 Å². The summed E-state index contributed by atoms with van der Waals surface area (Å²) in [6.07, 6.45) is 0.828. The smallest absolute Gasteiger partial charge is 0.0727 e. The van der Waals surface area contributed by atoms with E-state index in [4.69, 9.17) is 17.3 Å². The van der Waals surface area contributed by atoms with Gasteiger partial charge in [0.25, 0.3) is 0 Å². The van der Waals surface area contributed by atoms with Crippen molar-refractivity contribution in [2.45, 2.75) is 13.3 Å². The molecule has 4 heteroatoms. The number of aryl methyl sites for hydroxylation is 1. The Morgan fingerprint density at radius 1 is 1.33 bits per heavy atom. The van der Waals surface area contributed by atoms with Gasteiger partial charge in [-0.15, -0.1) is 0 Å². The predicted molar refractivity (Wildman–Crippen MR) is 78.6 cm³/mol. The average molecular weight is 264 g/mol. The molecule has 0 fully saturated rings. The van der Waals surface area contributed by atoms with Gasteiger partial charge in [-0.1, -0.05) is 11.6 Å².